The van der Waals surface area contributed by atoms with Crippen LogP contribution in [-0.2, 0) is 19.7 Å². The molecule has 1 spiro atoms. The summed E-state index contributed by atoms with van der Waals surface area (Å²) in [5.41, 5.74) is -0.741. The Morgan fingerprint density at radius 1 is 1.11 bits per heavy atom. The molecule has 47 heavy (non-hydrogen) atoms. The predicted octanol–water partition coefficient (Wildman–Crippen LogP) is 4.12. The molecule has 0 bridgehead atoms. The lowest BCUT2D eigenvalue weighted by atomic mass is 9.81. The summed E-state index contributed by atoms with van der Waals surface area (Å²) in [5, 5.41) is 7.36. The summed E-state index contributed by atoms with van der Waals surface area (Å²) in [6.45, 7) is -0.0536. The van der Waals surface area contributed by atoms with Gasteiger partial charge in [-0.15, -0.1) is 0 Å². The lowest BCUT2D eigenvalue weighted by Gasteiger charge is -2.48. The van der Waals surface area contributed by atoms with E-state index in [1.54, 1.807) is 11.0 Å². The van der Waals surface area contributed by atoms with E-state index in [0.717, 1.165) is 0 Å². The maximum Gasteiger partial charge on any atom is 0.412 e. The highest BCUT2D eigenvalue weighted by molar-refractivity contribution is 7.51. The van der Waals surface area contributed by atoms with Crippen molar-refractivity contribution in [3.05, 3.63) is 99.6 Å². The van der Waals surface area contributed by atoms with Gasteiger partial charge in [-0.3, -0.25) is 24.4 Å². The number of fused-ring (bicyclic) bond motifs is 2. The van der Waals surface area contributed by atoms with Gasteiger partial charge in [0, 0.05) is 24.2 Å². The Kier molecular flexibility index (Phi) is 10.1. The van der Waals surface area contributed by atoms with Crippen LogP contribution in [0.1, 0.15) is 50.7 Å². The fourth-order valence-corrected chi connectivity index (χ4v) is 6.55. The summed E-state index contributed by atoms with van der Waals surface area (Å²) < 4.78 is 46.8. The van der Waals surface area contributed by atoms with E-state index in [0.29, 0.717) is 24.8 Å². The minimum absolute atomic E-state index is 0.0461. The Morgan fingerprint density at radius 3 is 2.47 bits per heavy atom. The fraction of sp³-hybridized carbons (Fsp3) is 0.290. The van der Waals surface area contributed by atoms with Gasteiger partial charge >= 0.3 is 13.7 Å². The fourth-order valence-electron chi connectivity index (χ4n) is 5.99. The van der Waals surface area contributed by atoms with Crippen molar-refractivity contribution < 1.29 is 47.0 Å². The van der Waals surface area contributed by atoms with Crippen LogP contribution >= 0.6 is 19.2 Å². The van der Waals surface area contributed by atoms with Crippen LogP contribution in [-0.4, -0.2) is 70.7 Å². The average Bonchev–Trinajstić information content (AvgIpc) is 3.01. The molecule has 0 aliphatic carbocycles. The summed E-state index contributed by atoms with van der Waals surface area (Å²) in [5.74, 6) is -2.67. The average molecular weight is 691 g/mol. The topological polar surface area (TPSA) is 174 Å². The van der Waals surface area contributed by atoms with E-state index in [9.17, 15) is 28.1 Å². The Labute approximate surface area is 272 Å². The van der Waals surface area contributed by atoms with Gasteiger partial charge < -0.3 is 30.0 Å². The molecule has 3 atom stereocenters. The van der Waals surface area contributed by atoms with E-state index in [1.165, 1.54) is 54.6 Å². The van der Waals surface area contributed by atoms with Crippen LogP contribution in [0.3, 0.4) is 0 Å². The zero-order valence-corrected chi connectivity index (χ0v) is 26.3. The molecule has 3 amide bonds. The maximum absolute atomic E-state index is 15.5. The normalized spacial score (nSPS) is 19.1. The number of carbonyl (C=O) groups excluding carboxylic acids is 4. The van der Waals surface area contributed by atoms with Crippen molar-refractivity contribution in [3.63, 3.8) is 0 Å². The number of benzene rings is 3. The largest absolute Gasteiger partial charge is 0.436 e. The van der Waals surface area contributed by atoms with Gasteiger partial charge in [-0.05, 0) is 73.5 Å². The smallest absolute Gasteiger partial charge is 0.412 e. The number of nitrogens with zero attached hydrogens (tertiary/aromatic N) is 1. The number of anilines is 1. The molecule has 2 aliphatic heterocycles. The zero-order chi connectivity index (χ0) is 33.9. The quantitative estimate of drug-likeness (QED) is 0.155. The van der Waals surface area contributed by atoms with E-state index >= 15 is 4.39 Å². The number of piperidine rings is 1. The highest BCUT2D eigenvalue weighted by Gasteiger charge is 2.49. The van der Waals surface area contributed by atoms with E-state index < -0.39 is 61.0 Å². The van der Waals surface area contributed by atoms with Crippen LogP contribution in [0.2, 0.25) is 5.02 Å². The van der Waals surface area contributed by atoms with Gasteiger partial charge in [0.2, 0.25) is 0 Å². The first-order valence-electron chi connectivity index (χ1n) is 14.5. The molecule has 3 aromatic rings. The summed E-state index contributed by atoms with van der Waals surface area (Å²) in [7, 11) is -4.29. The summed E-state index contributed by atoms with van der Waals surface area (Å²) >= 11 is 6.11. The van der Waals surface area contributed by atoms with E-state index in [2.05, 4.69) is 16.0 Å². The maximum atomic E-state index is 15.5. The molecule has 1 fully saturated rings. The van der Waals surface area contributed by atoms with Gasteiger partial charge in [-0.25, -0.2) is 13.6 Å². The molecule has 0 saturated carbocycles. The van der Waals surface area contributed by atoms with Crippen LogP contribution in [0.4, 0.5) is 19.3 Å². The van der Waals surface area contributed by atoms with Crippen molar-refractivity contribution in [2.75, 3.05) is 31.1 Å². The first-order chi connectivity index (χ1) is 22.3. The molecule has 2 heterocycles. The lowest BCUT2D eigenvalue weighted by Crippen LogP contribution is -2.56. The van der Waals surface area contributed by atoms with Crippen molar-refractivity contribution in [1.82, 2.24) is 15.5 Å². The second kappa shape index (κ2) is 13.9. The Morgan fingerprint density at radius 2 is 1.81 bits per heavy atom. The second-order valence-corrected chi connectivity index (χ2v) is 13.4. The third kappa shape index (κ3) is 7.69. The minimum Gasteiger partial charge on any atom is -0.436 e. The Bertz CT molecular complexity index is 1760. The molecule has 2 aliphatic rings. The zero-order valence-electron chi connectivity index (χ0n) is 24.6. The summed E-state index contributed by atoms with van der Waals surface area (Å²) in [6, 6.07) is 11.3. The molecule has 12 nitrogen and oxygen atoms in total. The number of aldehydes is 1. The van der Waals surface area contributed by atoms with Crippen molar-refractivity contribution in [2.45, 2.75) is 30.5 Å². The van der Waals surface area contributed by atoms with Gasteiger partial charge in [0.1, 0.15) is 18.1 Å². The molecule has 248 valence electrons. The number of hydrogen-bond donors (Lipinski definition) is 5. The number of carbonyl (C=O) groups is 4. The van der Waals surface area contributed by atoms with Crippen LogP contribution in [0, 0.1) is 11.6 Å². The highest BCUT2D eigenvalue weighted by Crippen LogP contribution is 2.46. The van der Waals surface area contributed by atoms with Crippen LogP contribution in [0.15, 0.2) is 60.7 Å². The first kappa shape index (κ1) is 34.1. The molecule has 2 unspecified atom stereocenters. The van der Waals surface area contributed by atoms with Gasteiger partial charge in [0.05, 0.1) is 28.5 Å². The lowest BCUT2D eigenvalue weighted by molar-refractivity contribution is -0.113. The van der Waals surface area contributed by atoms with Gasteiger partial charge in [-0.1, -0.05) is 23.7 Å². The SMILES string of the molecule is O=CC(NC(=O)c1ccc(C(=O)NCCP(=O)(O)O)cc1)[C@@H](c1cccc(F)c1)N1CCCC2(C1)OC(=O)Nc1ccc(Cl)c(F)c12. The number of hydrogen-bond acceptors (Lipinski definition) is 7. The van der Waals surface area contributed by atoms with Crippen molar-refractivity contribution in [3.8, 4) is 0 Å². The predicted molar refractivity (Wildman–Crippen MR) is 166 cm³/mol. The molecule has 0 aromatic heterocycles. The number of halogens is 3. The third-order valence-corrected chi connectivity index (χ3v) is 9.12. The van der Waals surface area contributed by atoms with Crippen LogP contribution in [0.25, 0.3) is 0 Å². The molecular formula is C31H30ClF2N4O8P. The molecule has 5 rings (SSSR count). The molecule has 0 radical (unpaired) electrons. The number of likely N-dealkylation sites (tertiary alicyclic amines) is 1. The third-order valence-electron chi connectivity index (χ3n) is 8.03. The Hall–Kier alpha value is -4.20. The monoisotopic (exact) mass is 690 g/mol. The van der Waals surface area contributed by atoms with Crippen molar-refractivity contribution in [2.24, 2.45) is 0 Å². The summed E-state index contributed by atoms with van der Waals surface area (Å²) in [4.78, 5) is 70.6. The number of nitrogens with one attached hydrogen (secondary N) is 3. The number of rotatable bonds is 10. The van der Waals surface area contributed by atoms with E-state index in [1.807, 2.05) is 0 Å². The van der Waals surface area contributed by atoms with Gasteiger partial charge in [-0.2, -0.15) is 0 Å². The summed E-state index contributed by atoms with van der Waals surface area (Å²) in [6.07, 6.45) is -0.235. The first-order valence-corrected chi connectivity index (χ1v) is 16.6. The number of amides is 3. The van der Waals surface area contributed by atoms with Gasteiger partial charge in [0.15, 0.2) is 11.4 Å². The molecular weight excluding hydrogens is 661 g/mol. The van der Waals surface area contributed by atoms with Crippen molar-refractivity contribution >= 4 is 49.1 Å². The highest BCUT2D eigenvalue weighted by atomic mass is 35.5. The van der Waals surface area contributed by atoms with Crippen molar-refractivity contribution in [1.29, 1.82) is 0 Å². The van der Waals surface area contributed by atoms with Crippen LogP contribution < -0.4 is 16.0 Å². The Balaban J connectivity index is 1.41. The van der Waals surface area contributed by atoms with Gasteiger partial charge in [0.25, 0.3) is 11.8 Å². The van der Waals surface area contributed by atoms with E-state index in [4.69, 9.17) is 26.1 Å². The molecule has 16 heteroatoms. The molecule has 1 saturated heterocycles. The van der Waals surface area contributed by atoms with Crippen LogP contribution in [0.5, 0.6) is 0 Å². The van der Waals surface area contributed by atoms with E-state index in [-0.39, 0.29) is 46.9 Å². The standard InChI is InChI=1S/C31H30ClF2N4O8P/c32-22-9-10-23-25(26(22)34)31(46-30(42)37-23)11-2-13-38(17-31)27(20-3-1-4-21(33)15-20)24(16-39)36-29(41)19-7-5-18(6-8-19)28(40)35-12-14-47(43,44)45/h1,3-10,15-16,24,27H,2,11-14,17H2,(H,35,40)(H,36,41)(H,37,42)(H2,43,44,45)/t24?,27-,31?/m1/s1. The molecule has 5 N–H and O–H groups in total. The minimum atomic E-state index is -4.29. The number of ether oxygens (including phenoxy) is 1. The molecule has 3 aromatic carbocycles. The second-order valence-electron chi connectivity index (χ2n) is 11.2.